The van der Waals surface area contributed by atoms with Crippen molar-refractivity contribution in [3.8, 4) is 0 Å². The first kappa shape index (κ1) is 14.4. The van der Waals surface area contributed by atoms with Crippen molar-refractivity contribution in [3.05, 3.63) is 46.2 Å². The molecule has 1 atom stereocenters. The molecule has 1 heterocycles. The van der Waals surface area contributed by atoms with Gasteiger partial charge in [-0.3, -0.25) is 0 Å². The average Bonchev–Trinajstić information content (AvgIpc) is 2.98. The second-order valence-electron chi connectivity index (χ2n) is 4.54. The zero-order chi connectivity index (χ0) is 14.7. The third-order valence-corrected chi connectivity index (χ3v) is 4.40. The largest absolute Gasteiger partial charge is 0.465 e. The molecule has 0 saturated heterocycles. The number of hydrogen-bond acceptors (Lipinski definition) is 5. The number of benzene rings is 1. The fourth-order valence-electron chi connectivity index (χ4n) is 2.14. The minimum atomic E-state index is -0.377. The molecule has 106 valence electrons. The van der Waals surface area contributed by atoms with Crippen LogP contribution in [-0.2, 0) is 4.74 Å². The summed E-state index contributed by atoms with van der Waals surface area (Å²) in [6.07, 6.45) is 0. The highest BCUT2D eigenvalue weighted by Crippen LogP contribution is 2.34. The molecule has 20 heavy (non-hydrogen) atoms. The molecule has 0 radical (unpaired) electrons. The summed E-state index contributed by atoms with van der Waals surface area (Å²) in [7, 11) is 3.31. The van der Waals surface area contributed by atoms with E-state index < -0.39 is 0 Å². The normalized spacial score (nSPS) is 11.9. The van der Waals surface area contributed by atoms with E-state index in [-0.39, 0.29) is 12.0 Å². The zero-order valence-electron chi connectivity index (χ0n) is 11.8. The first-order valence-electron chi connectivity index (χ1n) is 6.29. The SMILES string of the molecule is COC(=O)c1cccc(N)c1N(C)C(C)c1cccs1. The molecule has 2 aromatic rings. The van der Waals surface area contributed by atoms with E-state index in [2.05, 4.69) is 13.0 Å². The highest BCUT2D eigenvalue weighted by molar-refractivity contribution is 7.10. The van der Waals surface area contributed by atoms with Gasteiger partial charge >= 0.3 is 5.97 Å². The van der Waals surface area contributed by atoms with Crippen LogP contribution in [0.5, 0.6) is 0 Å². The number of nitrogen functional groups attached to an aromatic ring is 1. The standard InChI is InChI=1S/C15H18N2O2S/c1-10(13-8-5-9-20-13)17(2)14-11(15(18)19-3)6-4-7-12(14)16/h4-10H,16H2,1-3H3. The Bertz CT molecular complexity index is 596. The molecule has 0 spiro atoms. The number of ether oxygens (including phenoxy) is 1. The minimum Gasteiger partial charge on any atom is -0.465 e. The first-order chi connectivity index (χ1) is 9.56. The second-order valence-corrected chi connectivity index (χ2v) is 5.52. The van der Waals surface area contributed by atoms with Crippen LogP contribution >= 0.6 is 11.3 Å². The fraction of sp³-hybridized carbons (Fsp3) is 0.267. The highest BCUT2D eigenvalue weighted by Gasteiger charge is 2.22. The van der Waals surface area contributed by atoms with Crippen LogP contribution in [0.4, 0.5) is 11.4 Å². The van der Waals surface area contributed by atoms with E-state index in [4.69, 9.17) is 10.5 Å². The molecule has 0 bridgehead atoms. The third-order valence-electron chi connectivity index (χ3n) is 3.36. The van der Waals surface area contributed by atoms with Crippen LogP contribution in [0.15, 0.2) is 35.7 Å². The van der Waals surface area contributed by atoms with Gasteiger partial charge in [0.05, 0.1) is 30.1 Å². The lowest BCUT2D eigenvalue weighted by Crippen LogP contribution is -2.24. The van der Waals surface area contributed by atoms with Crippen LogP contribution in [0.1, 0.15) is 28.2 Å². The summed E-state index contributed by atoms with van der Waals surface area (Å²) < 4.78 is 4.83. The molecule has 0 amide bonds. The van der Waals surface area contributed by atoms with E-state index in [1.165, 1.54) is 12.0 Å². The lowest BCUT2D eigenvalue weighted by Gasteiger charge is -2.29. The predicted octanol–water partition coefficient (Wildman–Crippen LogP) is 3.31. The summed E-state index contributed by atoms with van der Waals surface area (Å²) in [5.74, 6) is -0.377. The Morgan fingerprint density at radius 3 is 2.70 bits per heavy atom. The van der Waals surface area contributed by atoms with Gasteiger partial charge in [0.25, 0.3) is 0 Å². The van der Waals surface area contributed by atoms with Gasteiger partial charge in [0, 0.05) is 11.9 Å². The molecule has 5 heteroatoms. The quantitative estimate of drug-likeness (QED) is 0.693. The van der Waals surface area contributed by atoms with Crippen LogP contribution in [0, 0.1) is 0 Å². The average molecular weight is 290 g/mol. The Kier molecular flexibility index (Phi) is 4.29. The molecule has 2 rings (SSSR count). The number of methoxy groups -OCH3 is 1. The van der Waals surface area contributed by atoms with Crippen LogP contribution < -0.4 is 10.6 Å². The van der Waals surface area contributed by atoms with Gasteiger partial charge in [-0.05, 0) is 30.5 Å². The Balaban J connectivity index is 2.43. The van der Waals surface area contributed by atoms with Crippen LogP contribution in [0.2, 0.25) is 0 Å². The Morgan fingerprint density at radius 2 is 2.10 bits per heavy atom. The van der Waals surface area contributed by atoms with Crippen molar-refractivity contribution in [3.63, 3.8) is 0 Å². The van der Waals surface area contributed by atoms with E-state index in [0.29, 0.717) is 16.9 Å². The van der Waals surface area contributed by atoms with Crippen molar-refractivity contribution in [1.29, 1.82) is 0 Å². The molecule has 0 aliphatic carbocycles. The van der Waals surface area contributed by atoms with E-state index in [1.54, 1.807) is 29.5 Å². The summed E-state index contributed by atoms with van der Waals surface area (Å²) in [6, 6.07) is 9.49. The molecule has 2 N–H and O–H groups in total. The smallest absolute Gasteiger partial charge is 0.340 e. The van der Waals surface area contributed by atoms with Crippen molar-refractivity contribution in [2.45, 2.75) is 13.0 Å². The van der Waals surface area contributed by atoms with E-state index >= 15 is 0 Å². The first-order valence-corrected chi connectivity index (χ1v) is 7.17. The number of para-hydroxylation sites is 1. The number of esters is 1. The topological polar surface area (TPSA) is 55.6 Å². The van der Waals surface area contributed by atoms with E-state index in [1.807, 2.05) is 23.4 Å². The van der Waals surface area contributed by atoms with Crippen LogP contribution in [-0.4, -0.2) is 20.1 Å². The maximum absolute atomic E-state index is 11.9. The van der Waals surface area contributed by atoms with E-state index in [0.717, 1.165) is 0 Å². The van der Waals surface area contributed by atoms with Crippen molar-refractivity contribution < 1.29 is 9.53 Å². The van der Waals surface area contributed by atoms with Gasteiger partial charge in [0.15, 0.2) is 0 Å². The Hall–Kier alpha value is -2.01. The molecule has 4 nitrogen and oxygen atoms in total. The number of carbonyl (C=O) groups is 1. The molecule has 0 fully saturated rings. The third kappa shape index (κ3) is 2.63. The lowest BCUT2D eigenvalue weighted by atomic mass is 10.1. The van der Waals surface area contributed by atoms with Gasteiger partial charge in [-0.1, -0.05) is 12.1 Å². The Labute approximate surface area is 122 Å². The molecular weight excluding hydrogens is 272 g/mol. The molecule has 0 aliphatic rings. The number of rotatable bonds is 4. The number of anilines is 2. The Morgan fingerprint density at radius 1 is 1.35 bits per heavy atom. The summed E-state index contributed by atoms with van der Waals surface area (Å²) in [5.41, 5.74) is 7.82. The maximum Gasteiger partial charge on any atom is 0.340 e. The summed E-state index contributed by atoms with van der Waals surface area (Å²) >= 11 is 1.68. The summed E-state index contributed by atoms with van der Waals surface area (Å²) in [4.78, 5) is 15.1. The predicted molar refractivity (Wildman–Crippen MR) is 83.3 cm³/mol. The van der Waals surface area contributed by atoms with Crippen molar-refractivity contribution in [2.24, 2.45) is 0 Å². The van der Waals surface area contributed by atoms with Gasteiger partial charge in [0.1, 0.15) is 0 Å². The number of carbonyl (C=O) groups excluding carboxylic acids is 1. The number of nitrogens with two attached hydrogens (primary N) is 1. The second kappa shape index (κ2) is 5.96. The zero-order valence-corrected chi connectivity index (χ0v) is 12.6. The molecule has 0 saturated carbocycles. The van der Waals surface area contributed by atoms with Crippen LogP contribution in [0.25, 0.3) is 0 Å². The summed E-state index contributed by atoms with van der Waals surface area (Å²) in [5, 5.41) is 2.04. The summed E-state index contributed by atoms with van der Waals surface area (Å²) in [6.45, 7) is 2.08. The number of thiophene rings is 1. The van der Waals surface area contributed by atoms with E-state index in [9.17, 15) is 4.79 Å². The maximum atomic E-state index is 11.9. The minimum absolute atomic E-state index is 0.128. The monoisotopic (exact) mass is 290 g/mol. The molecule has 0 aliphatic heterocycles. The van der Waals surface area contributed by atoms with Gasteiger partial charge in [-0.2, -0.15) is 0 Å². The highest BCUT2D eigenvalue weighted by atomic mass is 32.1. The number of nitrogens with zero attached hydrogens (tertiary/aromatic N) is 1. The lowest BCUT2D eigenvalue weighted by molar-refractivity contribution is 0.0601. The van der Waals surface area contributed by atoms with Gasteiger partial charge in [0.2, 0.25) is 0 Å². The molecule has 1 aromatic carbocycles. The van der Waals surface area contributed by atoms with Crippen molar-refractivity contribution in [1.82, 2.24) is 0 Å². The van der Waals surface area contributed by atoms with Gasteiger partial charge in [-0.25, -0.2) is 4.79 Å². The number of hydrogen-bond donors (Lipinski definition) is 1. The molecule has 1 unspecified atom stereocenters. The van der Waals surface area contributed by atoms with Gasteiger partial charge < -0.3 is 15.4 Å². The van der Waals surface area contributed by atoms with Gasteiger partial charge in [-0.15, -0.1) is 11.3 Å². The molecule has 1 aromatic heterocycles. The van der Waals surface area contributed by atoms with Crippen LogP contribution in [0.3, 0.4) is 0 Å². The fourth-order valence-corrected chi connectivity index (χ4v) is 2.97. The van der Waals surface area contributed by atoms with Crippen molar-refractivity contribution >= 4 is 28.7 Å². The van der Waals surface area contributed by atoms with Crippen molar-refractivity contribution in [2.75, 3.05) is 24.8 Å². The molecular formula is C15H18N2O2S.